The van der Waals surface area contributed by atoms with Gasteiger partial charge in [-0.3, -0.25) is 4.90 Å². The SMILES string of the molecule is CCCN(CC(O)c1cccc(OC)c1)C1CCNC1. The molecule has 112 valence electrons. The Labute approximate surface area is 121 Å². The van der Waals surface area contributed by atoms with Gasteiger partial charge in [-0.25, -0.2) is 0 Å². The van der Waals surface area contributed by atoms with Gasteiger partial charge in [-0.2, -0.15) is 0 Å². The van der Waals surface area contributed by atoms with Gasteiger partial charge in [0.2, 0.25) is 0 Å². The van der Waals surface area contributed by atoms with Gasteiger partial charge in [0, 0.05) is 19.1 Å². The predicted molar refractivity (Wildman–Crippen MR) is 81.1 cm³/mol. The van der Waals surface area contributed by atoms with Crippen LogP contribution in [0.25, 0.3) is 0 Å². The summed E-state index contributed by atoms with van der Waals surface area (Å²) in [6, 6.07) is 8.26. The number of nitrogens with zero attached hydrogens (tertiary/aromatic N) is 1. The Morgan fingerprint density at radius 1 is 1.50 bits per heavy atom. The molecule has 1 aromatic rings. The van der Waals surface area contributed by atoms with Crippen molar-refractivity contribution in [2.24, 2.45) is 0 Å². The number of methoxy groups -OCH3 is 1. The lowest BCUT2D eigenvalue weighted by atomic mass is 10.1. The average molecular weight is 278 g/mol. The minimum Gasteiger partial charge on any atom is -0.497 e. The molecule has 2 atom stereocenters. The minimum absolute atomic E-state index is 0.461. The maximum absolute atomic E-state index is 10.5. The summed E-state index contributed by atoms with van der Waals surface area (Å²) in [5, 5.41) is 13.9. The van der Waals surface area contributed by atoms with Crippen LogP contribution in [0.1, 0.15) is 31.4 Å². The highest BCUT2D eigenvalue weighted by Crippen LogP contribution is 2.21. The first-order valence-corrected chi connectivity index (χ1v) is 7.51. The smallest absolute Gasteiger partial charge is 0.119 e. The first-order valence-electron chi connectivity index (χ1n) is 7.51. The zero-order valence-corrected chi connectivity index (χ0v) is 12.5. The number of benzene rings is 1. The molecule has 4 nitrogen and oxygen atoms in total. The maximum Gasteiger partial charge on any atom is 0.119 e. The third-order valence-corrected chi connectivity index (χ3v) is 3.95. The van der Waals surface area contributed by atoms with Gasteiger partial charge >= 0.3 is 0 Å². The number of aliphatic hydroxyl groups excluding tert-OH is 1. The van der Waals surface area contributed by atoms with Gasteiger partial charge in [0.05, 0.1) is 13.2 Å². The Balaban J connectivity index is 2.00. The fourth-order valence-electron chi connectivity index (χ4n) is 2.84. The van der Waals surface area contributed by atoms with Crippen LogP contribution in [0.4, 0.5) is 0 Å². The number of ether oxygens (including phenoxy) is 1. The molecule has 1 saturated heterocycles. The quantitative estimate of drug-likeness (QED) is 0.798. The average Bonchev–Trinajstić information content (AvgIpc) is 3.01. The molecule has 1 fully saturated rings. The van der Waals surface area contributed by atoms with E-state index in [-0.39, 0.29) is 0 Å². The highest BCUT2D eigenvalue weighted by molar-refractivity contribution is 5.29. The van der Waals surface area contributed by atoms with E-state index < -0.39 is 6.10 Å². The third-order valence-electron chi connectivity index (χ3n) is 3.95. The van der Waals surface area contributed by atoms with Crippen molar-refractivity contribution in [1.29, 1.82) is 0 Å². The van der Waals surface area contributed by atoms with Gasteiger partial charge in [0.1, 0.15) is 5.75 Å². The first-order chi connectivity index (χ1) is 9.74. The fourth-order valence-corrected chi connectivity index (χ4v) is 2.84. The van der Waals surface area contributed by atoms with Crippen LogP contribution >= 0.6 is 0 Å². The molecule has 1 aromatic carbocycles. The van der Waals surface area contributed by atoms with Crippen molar-refractivity contribution in [1.82, 2.24) is 10.2 Å². The molecule has 0 aliphatic carbocycles. The maximum atomic E-state index is 10.5. The third kappa shape index (κ3) is 3.95. The zero-order chi connectivity index (χ0) is 14.4. The van der Waals surface area contributed by atoms with E-state index in [2.05, 4.69) is 17.1 Å². The van der Waals surface area contributed by atoms with Crippen molar-refractivity contribution in [2.45, 2.75) is 31.9 Å². The van der Waals surface area contributed by atoms with Gasteiger partial charge in [0.15, 0.2) is 0 Å². The monoisotopic (exact) mass is 278 g/mol. The van der Waals surface area contributed by atoms with E-state index in [0.717, 1.165) is 37.4 Å². The number of aliphatic hydroxyl groups is 1. The van der Waals surface area contributed by atoms with E-state index in [1.165, 1.54) is 6.42 Å². The van der Waals surface area contributed by atoms with Crippen molar-refractivity contribution in [3.8, 4) is 5.75 Å². The Morgan fingerprint density at radius 3 is 3.00 bits per heavy atom. The van der Waals surface area contributed by atoms with E-state index in [1.54, 1.807) is 7.11 Å². The van der Waals surface area contributed by atoms with Crippen molar-refractivity contribution < 1.29 is 9.84 Å². The van der Waals surface area contributed by atoms with Gasteiger partial charge in [-0.05, 0) is 43.6 Å². The second-order valence-electron chi connectivity index (χ2n) is 5.43. The minimum atomic E-state index is -0.461. The molecular weight excluding hydrogens is 252 g/mol. The van der Waals surface area contributed by atoms with E-state index in [0.29, 0.717) is 12.6 Å². The molecule has 2 unspecified atom stereocenters. The van der Waals surface area contributed by atoms with Crippen LogP contribution in [-0.2, 0) is 0 Å². The summed E-state index contributed by atoms with van der Waals surface area (Å²) in [7, 11) is 1.65. The van der Waals surface area contributed by atoms with Gasteiger partial charge in [-0.1, -0.05) is 19.1 Å². The van der Waals surface area contributed by atoms with Crippen molar-refractivity contribution in [3.05, 3.63) is 29.8 Å². The van der Waals surface area contributed by atoms with Crippen molar-refractivity contribution in [3.63, 3.8) is 0 Å². The second kappa shape index (κ2) is 7.62. The number of hydrogen-bond donors (Lipinski definition) is 2. The molecule has 2 rings (SSSR count). The Bertz CT molecular complexity index is 405. The predicted octanol–water partition coefficient (Wildman–Crippen LogP) is 1.80. The van der Waals surface area contributed by atoms with Gasteiger partial charge < -0.3 is 15.2 Å². The van der Waals surface area contributed by atoms with Crippen LogP contribution in [0.3, 0.4) is 0 Å². The fraction of sp³-hybridized carbons (Fsp3) is 0.625. The molecule has 0 bridgehead atoms. The van der Waals surface area contributed by atoms with Crippen LogP contribution in [0, 0.1) is 0 Å². The summed E-state index contributed by atoms with van der Waals surface area (Å²) in [5.41, 5.74) is 0.927. The first kappa shape index (κ1) is 15.3. The summed E-state index contributed by atoms with van der Waals surface area (Å²) in [6.07, 6.45) is 1.82. The normalized spacial score (nSPS) is 20.3. The molecule has 20 heavy (non-hydrogen) atoms. The molecule has 4 heteroatoms. The lowest BCUT2D eigenvalue weighted by Gasteiger charge is -2.30. The Hall–Kier alpha value is -1.10. The van der Waals surface area contributed by atoms with Crippen molar-refractivity contribution >= 4 is 0 Å². The summed E-state index contributed by atoms with van der Waals surface area (Å²) in [4.78, 5) is 2.41. The summed E-state index contributed by atoms with van der Waals surface area (Å²) in [5.74, 6) is 0.797. The number of rotatable bonds is 7. The van der Waals surface area contributed by atoms with Crippen LogP contribution in [0.5, 0.6) is 5.75 Å². The van der Waals surface area contributed by atoms with E-state index in [9.17, 15) is 5.11 Å². The van der Waals surface area contributed by atoms with Gasteiger partial charge in [-0.15, -0.1) is 0 Å². The molecule has 2 N–H and O–H groups in total. The van der Waals surface area contributed by atoms with Gasteiger partial charge in [0.25, 0.3) is 0 Å². The summed E-state index contributed by atoms with van der Waals surface area (Å²) in [6.45, 7) is 6.03. The number of hydrogen-bond acceptors (Lipinski definition) is 4. The summed E-state index contributed by atoms with van der Waals surface area (Å²) >= 11 is 0. The number of nitrogens with one attached hydrogen (secondary N) is 1. The highest BCUT2D eigenvalue weighted by atomic mass is 16.5. The van der Waals surface area contributed by atoms with E-state index >= 15 is 0 Å². The largest absolute Gasteiger partial charge is 0.497 e. The standard InChI is InChI=1S/C16H26N2O2/c1-3-9-18(14-7-8-17-11-14)12-16(19)13-5-4-6-15(10-13)20-2/h4-6,10,14,16-17,19H,3,7-9,11-12H2,1-2H3. The molecule has 0 radical (unpaired) electrons. The molecule has 0 saturated carbocycles. The molecule has 1 heterocycles. The summed E-state index contributed by atoms with van der Waals surface area (Å²) < 4.78 is 5.22. The Morgan fingerprint density at radius 2 is 2.35 bits per heavy atom. The highest BCUT2D eigenvalue weighted by Gasteiger charge is 2.24. The lowest BCUT2D eigenvalue weighted by molar-refractivity contribution is 0.0910. The van der Waals surface area contributed by atoms with Crippen LogP contribution < -0.4 is 10.1 Å². The molecule has 0 amide bonds. The molecular formula is C16H26N2O2. The van der Waals surface area contributed by atoms with Crippen LogP contribution in [-0.4, -0.2) is 49.3 Å². The van der Waals surface area contributed by atoms with E-state index in [4.69, 9.17) is 4.74 Å². The molecule has 0 spiro atoms. The molecule has 1 aliphatic heterocycles. The topological polar surface area (TPSA) is 44.7 Å². The molecule has 1 aliphatic rings. The van der Waals surface area contributed by atoms with Crippen LogP contribution in [0.2, 0.25) is 0 Å². The lowest BCUT2D eigenvalue weighted by Crippen LogP contribution is -2.40. The Kier molecular flexibility index (Phi) is 5.83. The van der Waals surface area contributed by atoms with Crippen LogP contribution in [0.15, 0.2) is 24.3 Å². The second-order valence-corrected chi connectivity index (χ2v) is 5.43. The molecule has 0 aromatic heterocycles. The van der Waals surface area contributed by atoms with Crippen molar-refractivity contribution in [2.75, 3.05) is 33.3 Å². The zero-order valence-electron chi connectivity index (χ0n) is 12.5. The van der Waals surface area contributed by atoms with E-state index in [1.807, 2.05) is 24.3 Å².